The van der Waals surface area contributed by atoms with Crippen molar-refractivity contribution in [2.45, 2.75) is 32.9 Å². The molecule has 0 saturated heterocycles. The van der Waals surface area contributed by atoms with E-state index in [0.29, 0.717) is 34.3 Å². The van der Waals surface area contributed by atoms with Crippen LogP contribution in [0.3, 0.4) is 0 Å². The van der Waals surface area contributed by atoms with Crippen LogP contribution in [0.2, 0.25) is 0 Å². The molecule has 0 aliphatic heterocycles. The third kappa shape index (κ3) is 4.72. The number of pyridine rings is 1. The van der Waals surface area contributed by atoms with E-state index in [2.05, 4.69) is 31.1 Å². The van der Waals surface area contributed by atoms with E-state index in [0.717, 1.165) is 11.3 Å². The smallest absolute Gasteiger partial charge is 0.406 e. The summed E-state index contributed by atoms with van der Waals surface area (Å²) in [4.78, 5) is 14.6. The normalized spacial score (nSPS) is 12.0. The molecule has 2 radical (unpaired) electrons. The lowest BCUT2D eigenvalue weighted by Crippen LogP contribution is -2.21. The van der Waals surface area contributed by atoms with Gasteiger partial charge in [0.05, 0.1) is 16.4 Å². The molecule has 172 valence electrons. The van der Waals surface area contributed by atoms with Gasteiger partial charge in [0.25, 0.3) is 0 Å². The molecule has 0 aliphatic rings. The monoisotopic (exact) mass is 524 g/mol. The molecule has 34 heavy (non-hydrogen) atoms. The lowest BCUT2D eigenvalue weighted by Gasteiger charge is -2.19. The summed E-state index contributed by atoms with van der Waals surface area (Å²) in [5.41, 5.74) is 3.24. The first-order valence-electron chi connectivity index (χ1n) is 10.4. The largest absolute Gasteiger partial charge is 0.478 e. The second-order valence-corrected chi connectivity index (χ2v) is 8.39. The van der Waals surface area contributed by atoms with Crippen LogP contribution >= 0.6 is 15.9 Å². The van der Waals surface area contributed by atoms with Gasteiger partial charge < -0.3 is 14.9 Å². The van der Waals surface area contributed by atoms with Gasteiger partial charge in [0.15, 0.2) is 6.20 Å². The van der Waals surface area contributed by atoms with Gasteiger partial charge in [-0.3, -0.25) is 4.68 Å². The molecule has 0 bridgehead atoms. The van der Waals surface area contributed by atoms with E-state index in [1.165, 1.54) is 24.4 Å². The Balaban J connectivity index is 1.71. The molecule has 1 atom stereocenters. The number of benzene rings is 1. The van der Waals surface area contributed by atoms with Crippen molar-refractivity contribution < 1.29 is 14.1 Å². The third-order valence-corrected chi connectivity index (χ3v) is 5.72. The highest BCUT2D eigenvalue weighted by Crippen LogP contribution is 2.33. The van der Waals surface area contributed by atoms with Crippen molar-refractivity contribution in [3.8, 4) is 11.4 Å². The van der Waals surface area contributed by atoms with Gasteiger partial charge in [-0.15, -0.1) is 0 Å². The molecule has 1 aromatic carbocycles. The molecule has 0 spiro atoms. The van der Waals surface area contributed by atoms with E-state index in [1.807, 2.05) is 13.0 Å². The Labute approximate surface area is 204 Å². The molecule has 0 saturated carbocycles. The fraction of sp³-hybridized carbons (Fsp3) is 0.227. The Bertz CT molecular complexity index is 1360. The van der Waals surface area contributed by atoms with Crippen LogP contribution in [-0.4, -0.2) is 37.3 Å². The van der Waals surface area contributed by atoms with Crippen molar-refractivity contribution in [2.24, 2.45) is 0 Å². The Hall–Kier alpha value is -3.54. The zero-order valence-electron chi connectivity index (χ0n) is 18.4. The Kier molecular flexibility index (Phi) is 6.78. The molecule has 3 heterocycles. The molecule has 12 heteroatoms. The van der Waals surface area contributed by atoms with Crippen LogP contribution in [0.1, 0.15) is 36.8 Å². The summed E-state index contributed by atoms with van der Waals surface area (Å²) in [6.45, 7) is 4.28. The molecule has 3 aromatic heterocycles. The summed E-state index contributed by atoms with van der Waals surface area (Å²) in [5.74, 6) is -0.947. The van der Waals surface area contributed by atoms with E-state index in [9.17, 15) is 14.5 Å². The van der Waals surface area contributed by atoms with Gasteiger partial charge in [-0.1, -0.05) is 0 Å². The van der Waals surface area contributed by atoms with E-state index in [-0.39, 0.29) is 5.75 Å². The zero-order valence-corrected chi connectivity index (χ0v) is 19.9. The maximum absolute atomic E-state index is 14.3. The molecule has 0 aliphatic carbocycles. The number of aromatic nitrogens is 5. The van der Waals surface area contributed by atoms with E-state index >= 15 is 0 Å². The maximum atomic E-state index is 14.3. The van der Waals surface area contributed by atoms with Crippen molar-refractivity contribution >= 4 is 35.2 Å². The number of ether oxygens (including phenoxy) is 1. The lowest BCUT2D eigenvalue weighted by atomic mass is 9.96. The van der Waals surface area contributed by atoms with Gasteiger partial charge in [0.2, 0.25) is 5.75 Å². The number of aryl methyl sites for hydroxylation is 1. The Morgan fingerprint density at radius 3 is 2.76 bits per heavy atom. The first-order chi connectivity index (χ1) is 16.3. The Morgan fingerprint density at radius 1 is 1.26 bits per heavy atom. The van der Waals surface area contributed by atoms with Crippen LogP contribution in [-0.2, 0) is 13.0 Å². The van der Waals surface area contributed by atoms with Crippen molar-refractivity contribution in [3.05, 3.63) is 86.1 Å². The topological polar surface area (TPSA) is 101 Å². The first kappa shape index (κ1) is 23.6. The van der Waals surface area contributed by atoms with Crippen molar-refractivity contribution in [2.75, 3.05) is 0 Å². The third-order valence-electron chi connectivity index (χ3n) is 5.28. The average molecular weight is 525 g/mol. The highest BCUT2D eigenvalue weighted by atomic mass is 79.9. The van der Waals surface area contributed by atoms with Gasteiger partial charge in [-0.2, -0.15) is 10.2 Å². The average Bonchev–Trinajstić information content (AvgIpc) is 3.40. The van der Waals surface area contributed by atoms with Gasteiger partial charge >= 0.3 is 5.82 Å². The second kappa shape index (κ2) is 9.76. The molecular weight excluding hydrogens is 506 g/mol. The van der Waals surface area contributed by atoms with E-state index in [1.54, 1.807) is 34.7 Å². The molecule has 9 nitrogen and oxygen atoms in total. The van der Waals surface area contributed by atoms with Crippen LogP contribution in [0, 0.1) is 15.9 Å². The van der Waals surface area contributed by atoms with Gasteiger partial charge in [-0.25, -0.2) is 9.07 Å². The highest BCUT2D eigenvalue weighted by molar-refractivity contribution is 9.10. The Morgan fingerprint density at radius 2 is 2.06 bits per heavy atom. The summed E-state index contributed by atoms with van der Waals surface area (Å²) < 4.78 is 24.0. The van der Waals surface area contributed by atoms with Crippen molar-refractivity contribution in [3.63, 3.8) is 0 Å². The van der Waals surface area contributed by atoms with Gasteiger partial charge in [-0.05, 0) is 75.1 Å². The standard InChI is InChI=1S/C22H19BBrFN6O3/c1-3-29-21(23)14(11-28-29)8-17-6-7-27-30(17)19-5-4-16(25)10-18(19)13(2)34-20-9-15(24)12-26-22(20)31(32)33/h4-7,9-13H,3,8H2,1-2H3. The van der Waals surface area contributed by atoms with Crippen LogP contribution in [0.15, 0.2) is 53.4 Å². The molecule has 0 amide bonds. The maximum Gasteiger partial charge on any atom is 0.406 e. The number of hydrogen-bond donors (Lipinski definition) is 0. The van der Waals surface area contributed by atoms with Crippen LogP contribution in [0.5, 0.6) is 5.75 Å². The van der Waals surface area contributed by atoms with Crippen molar-refractivity contribution in [1.82, 2.24) is 24.5 Å². The van der Waals surface area contributed by atoms with Gasteiger partial charge in [0.1, 0.15) is 19.8 Å². The highest BCUT2D eigenvalue weighted by Gasteiger charge is 2.23. The predicted octanol–water partition coefficient (Wildman–Crippen LogP) is 3.82. The van der Waals surface area contributed by atoms with Gasteiger partial charge in [0, 0.05) is 36.5 Å². The first-order valence-corrected chi connectivity index (χ1v) is 11.2. The summed E-state index contributed by atoms with van der Waals surface area (Å²) in [5, 5.41) is 20.1. The number of nitro groups is 1. The van der Waals surface area contributed by atoms with Crippen LogP contribution < -0.4 is 10.3 Å². The molecule has 1 unspecified atom stereocenters. The molecule has 4 rings (SSSR count). The van der Waals surface area contributed by atoms with E-state index in [4.69, 9.17) is 12.6 Å². The number of nitrogens with zero attached hydrogens (tertiary/aromatic N) is 6. The lowest BCUT2D eigenvalue weighted by molar-refractivity contribution is -0.390. The van der Waals surface area contributed by atoms with Crippen LogP contribution in [0.4, 0.5) is 10.2 Å². The number of halogens is 2. The van der Waals surface area contributed by atoms with Crippen molar-refractivity contribution in [1.29, 1.82) is 0 Å². The SMILES string of the molecule is [B]c1c(Cc2ccnn2-c2ccc(F)cc2C(C)Oc2cc(Br)cnc2[N+](=O)[O-])cnn1CC. The second-order valence-electron chi connectivity index (χ2n) is 7.48. The number of rotatable bonds is 8. The number of hydrogen-bond acceptors (Lipinski definition) is 6. The summed E-state index contributed by atoms with van der Waals surface area (Å²) in [7, 11) is 6.19. The predicted molar refractivity (Wildman–Crippen MR) is 127 cm³/mol. The molecular formula is C22H19BBrFN6O3. The summed E-state index contributed by atoms with van der Waals surface area (Å²) in [6.07, 6.45) is 4.36. The molecule has 4 aromatic rings. The summed E-state index contributed by atoms with van der Waals surface area (Å²) in [6, 6.07) is 7.53. The van der Waals surface area contributed by atoms with Crippen LogP contribution in [0.25, 0.3) is 5.69 Å². The zero-order chi connectivity index (χ0) is 24.4. The molecule has 0 N–H and O–H groups in total. The minimum atomic E-state index is -0.759. The fourth-order valence-corrected chi connectivity index (χ4v) is 3.94. The van der Waals surface area contributed by atoms with E-state index < -0.39 is 22.7 Å². The quantitative estimate of drug-likeness (QED) is 0.197. The minimum Gasteiger partial charge on any atom is -0.478 e. The molecule has 0 fully saturated rings. The minimum absolute atomic E-state index is 0.0393. The fourth-order valence-electron chi connectivity index (χ4n) is 3.63. The summed E-state index contributed by atoms with van der Waals surface area (Å²) >= 11 is 3.25.